The molecule has 1 amide bonds. The first-order valence-electron chi connectivity index (χ1n) is 10.6. The summed E-state index contributed by atoms with van der Waals surface area (Å²) in [5, 5.41) is 3.84. The van der Waals surface area contributed by atoms with E-state index in [1.54, 1.807) is 12.1 Å². The summed E-state index contributed by atoms with van der Waals surface area (Å²) in [6.45, 7) is 9.64. The first-order valence-corrected chi connectivity index (χ1v) is 12.8. The van der Waals surface area contributed by atoms with E-state index in [1.807, 2.05) is 18.7 Å². The quantitative estimate of drug-likeness (QED) is 0.675. The SMILES string of the molecule is CC[C@H](C)CN1C(=O)[C@H](C(C)C)NC12CCN(S(=O)(=O)c1cccc(Cl)c1Cl)CC2. The number of nitrogens with zero attached hydrogens (tertiary/aromatic N) is 2. The predicted molar refractivity (Wildman–Crippen MR) is 120 cm³/mol. The van der Waals surface area contributed by atoms with Gasteiger partial charge in [-0.1, -0.05) is 63.4 Å². The highest BCUT2D eigenvalue weighted by Crippen LogP contribution is 2.38. The van der Waals surface area contributed by atoms with Crippen molar-refractivity contribution in [2.45, 2.75) is 63.6 Å². The fourth-order valence-electron chi connectivity index (χ4n) is 4.30. The number of rotatable bonds is 6. The first kappa shape index (κ1) is 23.8. The minimum Gasteiger partial charge on any atom is -0.323 e. The first-order chi connectivity index (χ1) is 14.0. The van der Waals surface area contributed by atoms with Crippen LogP contribution in [0.25, 0.3) is 0 Å². The predicted octanol–water partition coefficient (Wildman–Crippen LogP) is 3.98. The second kappa shape index (κ2) is 8.94. The van der Waals surface area contributed by atoms with E-state index in [0.717, 1.165) is 6.42 Å². The van der Waals surface area contributed by atoms with E-state index >= 15 is 0 Å². The third-order valence-electron chi connectivity index (χ3n) is 6.41. The van der Waals surface area contributed by atoms with Crippen LogP contribution in [0, 0.1) is 11.8 Å². The summed E-state index contributed by atoms with van der Waals surface area (Å²) in [5.41, 5.74) is -0.500. The van der Waals surface area contributed by atoms with Crippen LogP contribution in [0.15, 0.2) is 23.1 Å². The van der Waals surface area contributed by atoms with Gasteiger partial charge in [0.25, 0.3) is 0 Å². The van der Waals surface area contributed by atoms with Crippen LogP contribution in [0.3, 0.4) is 0 Å². The van der Waals surface area contributed by atoms with Gasteiger partial charge >= 0.3 is 0 Å². The monoisotopic (exact) mass is 475 g/mol. The Kier molecular flexibility index (Phi) is 7.09. The summed E-state index contributed by atoms with van der Waals surface area (Å²) in [6.07, 6.45) is 2.06. The lowest BCUT2D eigenvalue weighted by molar-refractivity contribution is -0.134. The maximum absolute atomic E-state index is 13.2. The Bertz CT molecular complexity index is 899. The van der Waals surface area contributed by atoms with E-state index in [4.69, 9.17) is 23.2 Å². The molecule has 2 saturated heterocycles. The van der Waals surface area contributed by atoms with E-state index in [-0.39, 0.29) is 32.8 Å². The molecule has 0 saturated carbocycles. The van der Waals surface area contributed by atoms with Crippen molar-refractivity contribution in [3.63, 3.8) is 0 Å². The highest BCUT2D eigenvalue weighted by atomic mass is 35.5. The molecule has 3 rings (SSSR count). The average Bonchev–Trinajstić information content (AvgIpc) is 2.96. The molecule has 2 aliphatic rings. The van der Waals surface area contributed by atoms with Crippen LogP contribution in [-0.2, 0) is 14.8 Å². The van der Waals surface area contributed by atoms with Crippen molar-refractivity contribution in [1.29, 1.82) is 0 Å². The van der Waals surface area contributed by atoms with Crippen LogP contribution in [0.1, 0.15) is 47.0 Å². The van der Waals surface area contributed by atoms with Crippen LogP contribution < -0.4 is 5.32 Å². The second-order valence-corrected chi connectivity index (χ2v) is 11.5. The molecule has 2 heterocycles. The Morgan fingerprint density at radius 1 is 1.20 bits per heavy atom. The number of hydrogen-bond donors (Lipinski definition) is 1. The van der Waals surface area contributed by atoms with Gasteiger partial charge in [0.1, 0.15) is 4.90 Å². The third-order valence-corrected chi connectivity index (χ3v) is 9.29. The van der Waals surface area contributed by atoms with Crippen LogP contribution >= 0.6 is 23.2 Å². The van der Waals surface area contributed by atoms with Gasteiger partial charge in [-0.15, -0.1) is 0 Å². The highest BCUT2D eigenvalue weighted by molar-refractivity contribution is 7.89. The molecule has 1 aromatic rings. The van der Waals surface area contributed by atoms with E-state index < -0.39 is 15.7 Å². The van der Waals surface area contributed by atoms with Gasteiger partial charge in [-0.25, -0.2) is 8.42 Å². The summed E-state index contributed by atoms with van der Waals surface area (Å²) in [6, 6.07) is 4.40. The van der Waals surface area contributed by atoms with Gasteiger partial charge in [0, 0.05) is 19.6 Å². The van der Waals surface area contributed by atoms with Crippen molar-refractivity contribution in [2.75, 3.05) is 19.6 Å². The summed E-state index contributed by atoms with van der Waals surface area (Å²) in [5.74, 6) is 0.674. The zero-order valence-electron chi connectivity index (χ0n) is 18.0. The molecule has 1 N–H and O–H groups in total. The molecule has 0 unspecified atom stereocenters. The van der Waals surface area contributed by atoms with Crippen LogP contribution in [0.5, 0.6) is 0 Å². The van der Waals surface area contributed by atoms with Gasteiger partial charge in [-0.3, -0.25) is 10.1 Å². The van der Waals surface area contributed by atoms with Crippen LogP contribution in [0.2, 0.25) is 10.0 Å². The Labute approximate surface area is 189 Å². The Balaban J connectivity index is 1.84. The minimum absolute atomic E-state index is 0.0274. The minimum atomic E-state index is -3.76. The van der Waals surface area contributed by atoms with Crippen molar-refractivity contribution in [3.05, 3.63) is 28.2 Å². The molecule has 0 aromatic heterocycles. The molecular weight excluding hydrogens is 445 g/mol. The van der Waals surface area contributed by atoms with E-state index in [9.17, 15) is 13.2 Å². The molecule has 0 radical (unpaired) electrons. The highest BCUT2D eigenvalue weighted by Gasteiger charge is 2.53. The van der Waals surface area contributed by atoms with Gasteiger partial charge in [-0.05, 0) is 36.8 Å². The Morgan fingerprint density at radius 2 is 1.83 bits per heavy atom. The standard InChI is InChI=1S/C21H31Cl2N3O3S/c1-5-15(4)13-26-20(27)19(14(2)3)24-21(26)9-11-25(12-10-21)30(28,29)17-8-6-7-16(22)18(17)23/h6-8,14-15,19,24H,5,9-13H2,1-4H3/t15-,19-/m0/s1. The van der Waals surface area contributed by atoms with Gasteiger partial charge < -0.3 is 4.90 Å². The van der Waals surface area contributed by atoms with E-state index in [2.05, 4.69) is 19.2 Å². The van der Waals surface area contributed by atoms with E-state index in [1.165, 1.54) is 10.4 Å². The molecule has 0 bridgehead atoms. The van der Waals surface area contributed by atoms with Gasteiger partial charge in [0.2, 0.25) is 15.9 Å². The number of carbonyl (C=O) groups is 1. The third kappa shape index (κ3) is 4.24. The average molecular weight is 476 g/mol. The lowest BCUT2D eigenvalue weighted by Crippen LogP contribution is -2.60. The normalized spacial score (nSPS) is 23.5. The number of sulfonamides is 1. The molecular formula is C21H31Cl2N3O3S. The number of hydrogen-bond acceptors (Lipinski definition) is 4. The molecule has 0 aliphatic carbocycles. The summed E-state index contributed by atoms with van der Waals surface area (Å²) >= 11 is 12.2. The summed E-state index contributed by atoms with van der Waals surface area (Å²) < 4.78 is 27.8. The number of benzene rings is 1. The molecule has 1 aromatic carbocycles. The Hall–Kier alpha value is -0.860. The molecule has 1 spiro atoms. The lowest BCUT2D eigenvalue weighted by atomic mass is 9.95. The number of halogens is 2. The van der Waals surface area contributed by atoms with Crippen molar-refractivity contribution in [1.82, 2.24) is 14.5 Å². The van der Waals surface area contributed by atoms with Crippen molar-refractivity contribution in [3.8, 4) is 0 Å². The topological polar surface area (TPSA) is 69.7 Å². The zero-order chi connectivity index (χ0) is 22.3. The van der Waals surface area contributed by atoms with Gasteiger partial charge in [-0.2, -0.15) is 4.31 Å². The van der Waals surface area contributed by atoms with Gasteiger partial charge in [0.15, 0.2) is 0 Å². The molecule has 9 heteroatoms. The number of nitrogens with one attached hydrogen (secondary N) is 1. The van der Waals surface area contributed by atoms with Gasteiger partial charge in [0.05, 0.1) is 21.7 Å². The number of amides is 1. The zero-order valence-corrected chi connectivity index (χ0v) is 20.3. The lowest BCUT2D eigenvalue weighted by Gasteiger charge is -2.45. The fourth-order valence-corrected chi connectivity index (χ4v) is 6.48. The summed E-state index contributed by atoms with van der Waals surface area (Å²) in [4.78, 5) is 15.2. The van der Waals surface area contributed by atoms with Crippen molar-refractivity contribution >= 4 is 39.1 Å². The Morgan fingerprint density at radius 3 is 2.40 bits per heavy atom. The van der Waals surface area contributed by atoms with Crippen molar-refractivity contribution in [2.24, 2.45) is 11.8 Å². The molecule has 2 atom stereocenters. The number of piperidine rings is 1. The molecule has 2 fully saturated rings. The molecule has 2 aliphatic heterocycles. The maximum Gasteiger partial charge on any atom is 0.244 e. The molecule has 30 heavy (non-hydrogen) atoms. The second-order valence-electron chi connectivity index (χ2n) is 8.82. The van der Waals surface area contributed by atoms with Crippen LogP contribution in [0.4, 0.5) is 0 Å². The number of carbonyl (C=O) groups excluding carboxylic acids is 1. The molecule has 6 nitrogen and oxygen atoms in total. The summed E-state index contributed by atoms with van der Waals surface area (Å²) in [7, 11) is -3.76. The largest absolute Gasteiger partial charge is 0.323 e. The molecule has 168 valence electrons. The fraction of sp³-hybridized carbons (Fsp3) is 0.667. The maximum atomic E-state index is 13.2. The van der Waals surface area contributed by atoms with Crippen LogP contribution in [-0.4, -0.2) is 54.9 Å². The smallest absolute Gasteiger partial charge is 0.244 e. The van der Waals surface area contributed by atoms with Crippen molar-refractivity contribution < 1.29 is 13.2 Å². The van der Waals surface area contributed by atoms with E-state index in [0.29, 0.717) is 38.4 Å².